The Bertz CT molecular complexity index is 440. The summed E-state index contributed by atoms with van der Waals surface area (Å²) in [6.07, 6.45) is 2.34. The minimum absolute atomic E-state index is 0.137. The van der Waals surface area contributed by atoms with Crippen molar-refractivity contribution < 1.29 is 14.3 Å². The number of hydrogen-bond donors (Lipinski definition) is 0. The average Bonchev–Trinajstić information content (AvgIpc) is 2.29. The number of carbonyl (C=O) groups is 1. The van der Waals surface area contributed by atoms with E-state index >= 15 is 0 Å². The Kier molecular flexibility index (Phi) is 3.19. The topological polar surface area (TPSA) is 35.5 Å². The van der Waals surface area contributed by atoms with Gasteiger partial charge in [-0.1, -0.05) is 0 Å². The van der Waals surface area contributed by atoms with Crippen LogP contribution in [0.5, 0.6) is 11.5 Å². The van der Waals surface area contributed by atoms with E-state index in [9.17, 15) is 4.79 Å². The molecule has 0 aliphatic heterocycles. The van der Waals surface area contributed by atoms with Crippen molar-refractivity contribution in [1.82, 2.24) is 0 Å². The summed E-state index contributed by atoms with van der Waals surface area (Å²) >= 11 is 3.40. The third kappa shape index (κ3) is 1.71. The summed E-state index contributed by atoms with van der Waals surface area (Å²) < 4.78 is 11.4. The Hall–Kier alpha value is -1.03. The summed E-state index contributed by atoms with van der Waals surface area (Å²) in [7, 11) is 3.20. The Morgan fingerprint density at radius 2 is 2.00 bits per heavy atom. The Balaban J connectivity index is 2.70. The van der Waals surface area contributed by atoms with Gasteiger partial charge in [-0.2, -0.15) is 0 Å². The van der Waals surface area contributed by atoms with Crippen molar-refractivity contribution in [3.8, 4) is 11.5 Å². The molecule has 0 amide bonds. The van der Waals surface area contributed by atoms with Gasteiger partial charge in [0.1, 0.15) is 11.5 Å². The van der Waals surface area contributed by atoms with Crippen LogP contribution in [0, 0.1) is 0 Å². The molecule has 0 heterocycles. The molecule has 0 saturated heterocycles. The van der Waals surface area contributed by atoms with Gasteiger partial charge < -0.3 is 9.47 Å². The van der Waals surface area contributed by atoms with E-state index in [1.165, 1.54) is 0 Å². The largest absolute Gasteiger partial charge is 0.496 e. The molecule has 0 radical (unpaired) electrons. The van der Waals surface area contributed by atoms with Crippen LogP contribution in [-0.4, -0.2) is 20.0 Å². The number of ketones is 1. The highest BCUT2D eigenvalue weighted by atomic mass is 79.9. The summed E-state index contributed by atoms with van der Waals surface area (Å²) in [4.78, 5) is 11.9. The lowest BCUT2D eigenvalue weighted by molar-refractivity contribution is 0.0968. The van der Waals surface area contributed by atoms with Gasteiger partial charge in [0.05, 0.1) is 24.3 Å². The number of fused-ring (bicyclic) bond motifs is 1. The van der Waals surface area contributed by atoms with Gasteiger partial charge in [0.15, 0.2) is 5.78 Å². The Morgan fingerprint density at radius 3 is 2.62 bits per heavy atom. The van der Waals surface area contributed by atoms with Crippen LogP contribution in [0.15, 0.2) is 10.5 Å². The zero-order valence-corrected chi connectivity index (χ0v) is 10.9. The van der Waals surface area contributed by atoms with Crippen LogP contribution < -0.4 is 9.47 Å². The molecule has 3 nitrogen and oxygen atoms in total. The van der Waals surface area contributed by atoms with Gasteiger partial charge in [0.2, 0.25) is 0 Å². The van der Waals surface area contributed by atoms with Crippen LogP contribution in [-0.2, 0) is 6.42 Å². The zero-order chi connectivity index (χ0) is 11.7. The van der Waals surface area contributed by atoms with Gasteiger partial charge in [-0.3, -0.25) is 4.79 Å². The second-order valence-corrected chi connectivity index (χ2v) is 4.58. The normalized spacial score (nSPS) is 14.6. The molecule has 0 atom stereocenters. The highest BCUT2D eigenvalue weighted by molar-refractivity contribution is 9.10. The minimum Gasteiger partial charge on any atom is -0.496 e. The maximum atomic E-state index is 11.9. The van der Waals surface area contributed by atoms with E-state index in [1.54, 1.807) is 14.2 Å². The molecule has 4 heteroatoms. The molecule has 0 spiro atoms. The minimum atomic E-state index is 0.137. The van der Waals surface area contributed by atoms with E-state index in [0.717, 1.165) is 28.6 Å². The molecule has 86 valence electrons. The quantitative estimate of drug-likeness (QED) is 0.838. The van der Waals surface area contributed by atoms with Crippen LogP contribution in [0.25, 0.3) is 0 Å². The van der Waals surface area contributed by atoms with Gasteiger partial charge in [-0.05, 0) is 34.8 Å². The van der Waals surface area contributed by atoms with Crippen molar-refractivity contribution >= 4 is 21.7 Å². The zero-order valence-electron chi connectivity index (χ0n) is 9.30. The van der Waals surface area contributed by atoms with Gasteiger partial charge in [-0.15, -0.1) is 0 Å². The summed E-state index contributed by atoms with van der Waals surface area (Å²) in [5.74, 6) is 1.52. The highest BCUT2D eigenvalue weighted by Gasteiger charge is 2.26. The predicted molar refractivity (Wildman–Crippen MR) is 64.5 cm³/mol. The molecule has 16 heavy (non-hydrogen) atoms. The maximum absolute atomic E-state index is 11.9. The monoisotopic (exact) mass is 284 g/mol. The van der Waals surface area contributed by atoms with E-state index in [1.807, 2.05) is 6.07 Å². The number of ether oxygens (including phenoxy) is 2. The Morgan fingerprint density at radius 1 is 1.25 bits per heavy atom. The maximum Gasteiger partial charge on any atom is 0.167 e. The first kappa shape index (κ1) is 11.5. The molecule has 0 bridgehead atoms. The number of hydrogen-bond acceptors (Lipinski definition) is 3. The van der Waals surface area contributed by atoms with Crippen LogP contribution in [0.2, 0.25) is 0 Å². The molecule has 0 N–H and O–H groups in total. The SMILES string of the molecule is COc1cc(Br)c(OC)c2c1CCCC2=O. The fourth-order valence-corrected chi connectivity index (χ4v) is 2.69. The van der Waals surface area contributed by atoms with Gasteiger partial charge in [0.25, 0.3) is 0 Å². The second-order valence-electron chi connectivity index (χ2n) is 3.72. The van der Waals surface area contributed by atoms with E-state index in [2.05, 4.69) is 15.9 Å². The number of halogens is 1. The smallest absolute Gasteiger partial charge is 0.167 e. The van der Waals surface area contributed by atoms with Crippen molar-refractivity contribution in [2.75, 3.05) is 14.2 Å². The van der Waals surface area contributed by atoms with Gasteiger partial charge in [-0.25, -0.2) is 0 Å². The fraction of sp³-hybridized carbons (Fsp3) is 0.417. The van der Waals surface area contributed by atoms with Crippen molar-refractivity contribution in [3.05, 3.63) is 21.7 Å². The number of carbonyl (C=O) groups excluding carboxylic acids is 1. The summed E-state index contributed by atoms with van der Waals surface area (Å²) in [5, 5.41) is 0. The number of Topliss-reactive ketones (excluding diaryl/α,β-unsaturated/α-hetero) is 1. The number of methoxy groups -OCH3 is 2. The lowest BCUT2D eigenvalue weighted by Gasteiger charge is -2.21. The Labute approximate surface area is 103 Å². The molecule has 2 rings (SSSR count). The predicted octanol–water partition coefficient (Wildman–Crippen LogP) is 2.99. The summed E-state index contributed by atoms with van der Waals surface area (Å²) in [6, 6.07) is 1.86. The van der Waals surface area contributed by atoms with Crippen molar-refractivity contribution in [3.63, 3.8) is 0 Å². The third-order valence-corrected chi connectivity index (χ3v) is 3.42. The van der Waals surface area contributed by atoms with E-state index < -0.39 is 0 Å². The summed E-state index contributed by atoms with van der Waals surface area (Å²) in [6.45, 7) is 0. The van der Waals surface area contributed by atoms with Gasteiger partial charge in [0, 0.05) is 12.0 Å². The van der Waals surface area contributed by atoms with Crippen molar-refractivity contribution in [2.24, 2.45) is 0 Å². The molecule has 0 unspecified atom stereocenters. The van der Waals surface area contributed by atoms with Crippen LogP contribution in [0.4, 0.5) is 0 Å². The van der Waals surface area contributed by atoms with Gasteiger partial charge >= 0.3 is 0 Å². The molecule has 1 aliphatic carbocycles. The fourth-order valence-electron chi connectivity index (χ4n) is 2.12. The standard InChI is InChI=1S/C12H13BrO3/c1-15-10-6-8(13)12(16-2)11-7(10)4-3-5-9(11)14/h6H,3-5H2,1-2H3. The number of rotatable bonds is 2. The van der Waals surface area contributed by atoms with Crippen LogP contribution in [0.1, 0.15) is 28.8 Å². The highest BCUT2D eigenvalue weighted by Crippen LogP contribution is 2.41. The first-order valence-electron chi connectivity index (χ1n) is 5.15. The van der Waals surface area contributed by atoms with Crippen LogP contribution in [0.3, 0.4) is 0 Å². The summed E-state index contributed by atoms with van der Waals surface area (Å²) in [5.41, 5.74) is 1.65. The van der Waals surface area contributed by atoms with E-state index in [0.29, 0.717) is 17.7 Å². The molecular formula is C12H13BrO3. The van der Waals surface area contributed by atoms with E-state index in [4.69, 9.17) is 9.47 Å². The van der Waals surface area contributed by atoms with E-state index in [-0.39, 0.29) is 5.78 Å². The van der Waals surface area contributed by atoms with Crippen LogP contribution >= 0.6 is 15.9 Å². The molecule has 1 aromatic carbocycles. The molecular weight excluding hydrogens is 272 g/mol. The lowest BCUT2D eigenvalue weighted by Crippen LogP contribution is -2.14. The average molecular weight is 285 g/mol. The lowest BCUT2D eigenvalue weighted by atomic mass is 9.89. The molecule has 1 aromatic rings. The number of benzene rings is 1. The first-order chi connectivity index (χ1) is 7.69. The molecule has 0 saturated carbocycles. The second kappa shape index (κ2) is 4.45. The molecule has 0 aromatic heterocycles. The first-order valence-corrected chi connectivity index (χ1v) is 5.95. The van der Waals surface area contributed by atoms with Crippen molar-refractivity contribution in [2.45, 2.75) is 19.3 Å². The molecule has 1 aliphatic rings. The third-order valence-electron chi connectivity index (χ3n) is 2.83. The van der Waals surface area contributed by atoms with Crippen molar-refractivity contribution in [1.29, 1.82) is 0 Å². The molecule has 0 fully saturated rings.